The fourth-order valence-electron chi connectivity index (χ4n) is 1.85. The Kier molecular flexibility index (Phi) is 4.13. The molecule has 0 fully saturated rings. The van der Waals surface area contributed by atoms with Gasteiger partial charge in [-0.25, -0.2) is 9.82 Å². The third-order valence-corrected chi connectivity index (χ3v) is 4.54. The summed E-state index contributed by atoms with van der Waals surface area (Å²) in [7, 11) is 0. The van der Waals surface area contributed by atoms with E-state index in [0.717, 1.165) is 16.9 Å². The summed E-state index contributed by atoms with van der Waals surface area (Å²) in [6.07, 6.45) is 4.75. The highest BCUT2D eigenvalue weighted by atomic mass is 35.5. The molecule has 0 spiro atoms. The van der Waals surface area contributed by atoms with E-state index < -0.39 is 5.91 Å². The molecule has 0 atom stereocenters. The Labute approximate surface area is 134 Å². The van der Waals surface area contributed by atoms with Crippen molar-refractivity contribution in [2.24, 2.45) is 5.10 Å². The monoisotopic (exact) mass is 333 g/mol. The second-order valence-electron chi connectivity index (χ2n) is 4.37. The highest BCUT2D eigenvalue weighted by Crippen LogP contribution is 2.35. The van der Waals surface area contributed by atoms with Crippen LogP contribution in [0.25, 0.3) is 10.1 Å². The quantitative estimate of drug-likeness (QED) is 0.584. The Balaban J connectivity index is 1.80. The number of amides is 1. The smallest absolute Gasteiger partial charge is 0.266 e. The Hall–Kier alpha value is -2.31. The zero-order valence-electron chi connectivity index (χ0n) is 11.1. The molecule has 3 rings (SSSR count). The van der Waals surface area contributed by atoms with Gasteiger partial charge in [-0.2, -0.15) is 5.10 Å². The maximum Gasteiger partial charge on any atom is 0.283 e. The number of hydrogen-bond acceptors (Lipinski definition) is 4. The second kappa shape index (κ2) is 6.21. The Morgan fingerprint density at radius 2 is 2.09 bits per heavy atom. The summed E-state index contributed by atoms with van der Waals surface area (Å²) in [6.45, 7) is 0. The molecule has 22 heavy (non-hydrogen) atoms. The normalized spacial score (nSPS) is 11.2. The minimum atomic E-state index is -0.433. The summed E-state index contributed by atoms with van der Waals surface area (Å²) in [4.78, 5) is 16.3. The van der Waals surface area contributed by atoms with Gasteiger partial charge in [-0.3, -0.25) is 9.78 Å². The van der Waals surface area contributed by atoms with Crippen LogP contribution in [0.3, 0.4) is 0 Å². The molecule has 0 bridgehead atoms. The van der Waals surface area contributed by atoms with Gasteiger partial charge in [0.2, 0.25) is 0 Å². The molecule has 1 amide bonds. The van der Waals surface area contributed by atoms with Crippen molar-refractivity contribution < 1.29 is 9.18 Å². The number of hydrazone groups is 1. The second-order valence-corrected chi connectivity index (χ2v) is 5.80. The third-order valence-electron chi connectivity index (χ3n) is 2.88. The lowest BCUT2D eigenvalue weighted by atomic mass is 10.2. The first-order valence-electron chi connectivity index (χ1n) is 6.26. The van der Waals surface area contributed by atoms with Crippen molar-refractivity contribution in [2.75, 3.05) is 0 Å². The molecular formula is C15H9ClFN3OS. The number of nitrogens with zero attached hydrogens (tertiary/aromatic N) is 2. The number of aromatic nitrogens is 1. The summed E-state index contributed by atoms with van der Waals surface area (Å²) < 4.78 is 13.8. The summed E-state index contributed by atoms with van der Waals surface area (Å²) in [5.41, 5.74) is 3.21. The van der Waals surface area contributed by atoms with Gasteiger partial charge in [-0.15, -0.1) is 11.3 Å². The predicted molar refractivity (Wildman–Crippen MR) is 86.1 cm³/mol. The molecule has 0 saturated carbocycles. The molecule has 7 heteroatoms. The number of benzene rings is 1. The fourth-order valence-corrected chi connectivity index (χ4v) is 3.28. The highest BCUT2D eigenvalue weighted by molar-refractivity contribution is 7.21. The van der Waals surface area contributed by atoms with Gasteiger partial charge in [0.15, 0.2) is 0 Å². The van der Waals surface area contributed by atoms with Gasteiger partial charge < -0.3 is 0 Å². The average molecular weight is 334 g/mol. The summed E-state index contributed by atoms with van der Waals surface area (Å²) >= 11 is 7.29. The van der Waals surface area contributed by atoms with Crippen LogP contribution in [0.15, 0.2) is 47.8 Å². The van der Waals surface area contributed by atoms with E-state index >= 15 is 0 Å². The number of pyridine rings is 1. The van der Waals surface area contributed by atoms with Crippen LogP contribution in [-0.2, 0) is 0 Å². The lowest BCUT2D eigenvalue weighted by molar-refractivity contribution is 0.0959. The van der Waals surface area contributed by atoms with Crippen molar-refractivity contribution in [2.45, 2.75) is 0 Å². The number of rotatable bonds is 3. The lowest BCUT2D eigenvalue weighted by Gasteiger charge is -1.97. The number of fused-ring (bicyclic) bond motifs is 1. The minimum absolute atomic E-state index is 0.300. The van der Waals surface area contributed by atoms with Crippen LogP contribution in [0, 0.1) is 5.82 Å². The van der Waals surface area contributed by atoms with E-state index in [4.69, 9.17) is 11.6 Å². The zero-order chi connectivity index (χ0) is 15.5. The molecule has 0 aliphatic rings. The molecule has 0 saturated heterocycles. The molecule has 4 nitrogen and oxygen atoms in total. The number of halogens is 2. The van der Waals surface area contributed by atoms with Crippen molar-refractivity contribution in [1.29, 1.82) is 0 Å². The zero-order valence-corrected chi connectivity index (χ0v) is 12.7. The third kappa shape index (κ3) is 2.98. The van der Waals surface area contributed by atoms with Crippen molar-refractivity contribution in [1.82, 2.24) is 10.4 Å². The SMILES string of the molecule is O=C(N/N=C\c1ccncc1)c1sc2cc(F)ccc2c1Cl. The van der Waals surface area contributed by atoms with E-state index in [1.165, 1.54) is 18.3 Å². The summed E-state index contributed by atoms with van der Waals surface area (Å²) in [6, 6.07) is 7.73. The van der Waals surface area contributed by atoms with Crippen LogP contribution in [-0.4, -0.2) is 17.1 Å². The maximum atomic E-state index is 13.2. The highest BCUT2D eigenvalue weighted by Gasteiger charge is 2.17. The van der Waals surface area contributed by atoms with Crippen LogP contribution < -0.4 is 5.43 Å². The minimum Gasteiger partial charge on any atom is -0.266 e. The van der Waals surface area contributed by atoms with Crippen molar-refractivity contribution in [3.8, 4) is 0 Å². The van der Waals surface area contributed by atoms with Crippen LogP contribution in [0.5, 0.6) is 0 Å². The van der Waals surface area contributed by atoms with Crippen molar-refractivity contribution >= 4 is 45.1 Å². The lowest BCUT2D eigenvalue weighted by Crippen LogP contribution is -2.16. The first-order valence-corrected chi connectivity index (χ1v) is 7.45. The van der Waals surface area contributed by atoms with Crippen LogP contribution in [0.1, 0.15) is 15.2 Å². The van der Waals surface area contributed by atoms with Crippen molar-refractivity contribution in [3.05, 3.63) is 64.0 Å². The Morgan fingerprint density at radius 1 is 1.32 bits per heavy atom. The van der Waals surface area contributed by atoms with E-state index in [-0.39, 0.29) is 5.82 Å². The molecule has 0 radical (unpaired) electrons. The van der Waals surface area contributed by atoms with E-state index in [0.29, 0.717) is 20.0 Å². The topological polar surface area (TPSA) is 54.4 Å². The molecule has 2 aromatic heterocycles. The first-order chi connectivity index (χ1) is 10.6. The van der Waals surface area contributed by atoms with E-state index in [9.17, 15) is 9.18 Å². The van der Waals surface area contributed by atoms with E-state index in [1.54, 1.807) is 30.6 Å². The largest absolute Gasteiger partial charge is 0.283 e. The molecule has 0 aliphatic heterocycles. The van der Waals surface area contributed by atoms with Gasteiger partial charge in [0.1, 0.15) is 10.7 Å². The number of carbonyl (C=O) groups is 1. The first kappa shape index (κ1) is 14.6. The Morgan fingerprint density at radius 3 is 2.86 bits per heavy atom. The van der Waals surface area contributed by atoms with Gasteiger partial charge in [0.25, 0.3) is 5.91 Å². The standard InChI is InChI=1S/C15H9ClFN3OS/c16-13-11-2-1-10(17)7-12(11)22-14(13)15(21)20-19-8-9-3-5-18-6-4-9/h1-8H,(H,20,21)/b19-8-. The fraction of sp³-hybridized carbons (Fsp3) is 0. The van der Waals surface area contributed by atoms with Crippen LogP contribution >= 0.6 is 22.9 Å². The molecule has 2 heterocycles. The van der Waals surface area contributed by atoms with E-state index in [2.05, 4.69) is 15.5 Å². The summed E-state index contributed by atoms with van der Waals surface area (Å²) in [5.74, 6) is -0.801. The summed E-state index contributed by atoms with van der Waals surface area (Å²) in [5, 5.41) is 4.82. The van der Waals surface area contributed by atoms with Gasteiger partial charge in [-0.05, 0) is 35.9 Å². The van der Waals surface area contributed by atoms with Gasteiger partial charge >= 0.3 is 0 Å². The molecule has 110 valence electrons. The molecular weight excluding hydrogens is 325 g/mol. The van der Waals surface area contributed by atoms with E-state index in [1.807, 2.05) is 0 Å². The van der Waals surface area contributed by atoms with Gasteiger partial charge in [0.05, 0.1) is 11.2 Å². The molecule has 1 N–H and O–H groups in total. The van der Waals surface area contributed by atoms with Crippen LogP contribution in [0.4, 0.5) is 4.39 Å². The molecule has 3 aromatic rings. The van der Waals surface area contributed by atoms with Crippen LogP contribution in [0.2, 0.25) is 5.02 Å². The van der Waals surface area contributed by atoms with Crippen molar-refractivity contribution in [3.63, 3.8) is 0 Å². The van der Waals surface area contributed by atoms with Gasteiger partial charge in [0, 0.05) is 22.5 Å². The van der Waals surface area contributed by atoms with Gasteiger partial charge in [-0.1, -0.05) is 11.6 Å². The maximum absolute atomic E-state index is 13.2. The number of hydrogen-bond donors (Lipinski definition) is 1. The predicted octanol–water partition coefficient (Wildman–Crippen LogP) is 3.85. The number of carbonyl (C=O) groups excluding carboxylic acids is 1. The molecule has 0 unspecified atom stereocenters. The molecule has 0 aliphatic carbocycles. The number of thiophene rings is 1. The number of nitrogens with one attached hydrogen (secondary N) is 1. The average Bonchev–Trinajstić information content (AvgIpc) is 2.84. The Bertz CT molecular complexity index is 864. The molecule has 1 aromatic carbocycles.